The quantitative estimate of drug-likeness (QED) is 0.596. The molecule has 0 spiro atoms. The Bertz CT molecular complexity index is 898. The largest absolute Gasteiger partial charge is 0.383 e. The molecule has 134 valence electrons. The Morgan fingerprint density at radius 2 is 1.92 bits per heavy atom. The third-order valence-corrected chi connectivity index (χ3v) is 3.98. The van der Waals surface area contributed by atoms with Gasteiger partial charge in [-0.1, -0.05) is 56.0 Å². The monoisotopic (exact) mass is 346 g/mol. The van der Waals surface area contributed by atoms with Crippen molar-refractivity contribution in [1.82, 2.24) is 10.3 Å². The average Bonchev–Trinajstić information content (AvgIpc) is 2.68. The number of aromatic nitrogens is 1. The second kappa shape index (κ2) is 9.49. The number of nitrogens with two attached hydrogens (primary N) is 1. The third kappa shape index (κ3) is 4.77. The van der Waals surface area contributed by atoms with Crippen LogP contribution in [0.25, 0.3) is 16.8 Å². The van der Waals surface area contributed by atoms with E-state index in [-0.39, 0.29) is 0 Å². The summed E-state index contributed by atoms with van der Waals surface area (Å²) in [6.07, 6.45) is 4.58. The minimum Gasteiger partial charge on any atom is -0.383 e. The Labute approximate surface area is 155 Å². The Balaban J connectivity index is 0.000000431. The molecular weight excluding hydrogens is 320 g/mol. The van der Waals surface area contributed by atoms with E-state index in [4.69, 9.17) is 11.1 Å². The molecule has 3 aromatic rings. The number of benzene rings is 2. The number of hydrogen-bond donors (Lipinski definition) is 3. The van der Waals surface area contributed by atoms with Gasteiger partial charge in [0.1, 0.15) is 5.82 Å². The molecule has 26 heavy (non-hydrogen) atoms. The maximum Gasteiger partial charge on any atom is 0.132 e. The van der Waals surface area contributed by atoms with Gasteiger partial charge in [0.05, 0.1) is 5.71 Å². The molecule has 0 aliphatic carbocycles. The van der Waals surface area contributed by atoms with E-state index in [1.807, 2.05) is 49.5 Å². The van der Waals surface area contributed by atoms with Crippen molar-refractivity contribution in [3.05, 3.63) is 78.0 Å². The zero-order valence-electron chi connectivity index (χ0n) is 15.4. The van der Waals surface area contributed by atoms with Crippen molar-refractivity contribution in [2.45, 2.75) is 13.3 Å². The van der Waals surface area contributed by atoms with Crippen LogP contribution < -0.4 is 11.1 Å². The van der Waals surface area contributed by atoms with E-state index in [2.05, 4.69) is 29.9 Å². The van der Waals surface area contributed by atoms with Crippen LogP contribution in [-0.4, -0.2) is 24.3 Å². The molecule has 0 aliphatic rings. The van der Waals surface area contributed by atoms with E-state index in [1.54, 1.807) is 12.3 Å². The summed E-state index contributed by atoms with van der Waals surface area (Å²) in [4.78, 5) is 4.12. The fourth-order valence-electron chi connectivity index (χ4n) is 2.55. The van der Waals surface area contributed by atoms with E-state index in [0.717, 1.165) is 28.4 Å². The van der Waals surface area contributed by atoms with E-state index in [9.17, 15) is 0 Å². The molecule has 0 radical (unpaired) electrons. The second-order valence-corrected chi connectivity index (χ2v) is 5.95. The number of rotatable bonds is 5. The van der Waals surface area contributed by atoms with Crippen LogP contribution in [0.2, 0.25) is 0 Å². The molecule has 3 rings (SSSR count). The Kier molecular flexibility index (Phi) is 7.06. The normalized spacial score (nSPS) is 10.1. The average molecular weight is 346 g/mol. The standard InChI is InChI=1S/C18H15N3.C4H11N/c1-2-12-9-16(18(20)21-11-12)17(19)15-8-7-13-5-3-4-6-14(13)10-15;1-3-4-5-2/h2-11,19H,1H2,(H2,20,21);5H,3-4H2,1-2H3. The van der Waals surface area contributed by atoms with Crippen molar-refractivity contribution in [1.29, 1.82) is 5.41 Å². The zero-order valence-corrected chi connectivity index (χ0v) is 15.4. The first-order valence-corrected chi connectivity index (χ1v) is 8.71. The predicted molar refractivity (Wildman–Crippen MR) is 113 cm³/mol. The molecule has 4 heteroatoms. The summed E-state index contributed by atoms with van der Waals surface area (Å²) in [5, 5.41) is 13.7. The van der Waals surface area contributed by atoms with Crippen LogP contribution in [0.3, 0.4) is 0 Å². The lowest BCUT2D eigenvalue weighted by molar-refractivity contribution is 0.772. The molecule has 0 saturated heterocycles. The number of nitrogens with one attached hydrogen (secondary N) is 2. The lowest BCUT2D eigenvalue weighted by Crippen LogP contribution is -2.07. The molecule has 4 N–H and O–H groups in total. The molecule has 4 nitrogen and oxygen atoms in total. The van der Waals surface area contributed by atoms with Crippen LogP contribution in [0, 0.1) is 5.41 Å². The van der Waals surface area contributed by atoms with E-state index in [1.165, 1.54) is 6.42 Å². The van der Waals surface area contributed by atoms with Crippen LogP contribution in [0.1, 0.15) is 30.0 Å². The highest BCUT2D eigenvalue weighted by Gasteiger charge is 2.10. The smallest absolute Gasteiger partial charge is 0.132 e. The molecule has 1 heterocycles. The summed E-state index contributed by atoms with van der Waals surface area (Å²) in [6.45, 7) is 7.01. The number of fused-ring (bicyclic) bond motifs is 1. The summed E-state index contributed by atoms with van der Waals surface area (Å²) in [5.41, 5.74) is 8.58. The molecule has 0 atom stereocenters. The van der Waals surface area contributed by atoms with Gasteiger partial charge in [0.25, 0.3) is 0 Å². The fraction of sp³-hybridized carbons (Fsp3) is 0.182. The first-order chi connectivity index (χ1) is 12.6. The highest BCUT2D eigenvalue weighted by atomic mass is 14.8. The summed E-state index contributed by atoms with van der Waals surface area (Å²) in [6, 6.07) is 15.9. The molecule has 0 bridgehead atoms. The first-order valence-electron chi connectivity index (χ1n) is 8.71. The summed E-state index contributed by atoms with van der Waals surface area (Å²) in [5.74, 6) is 0.360. The van der Waals surface area contributed by atoms with Crippen LogP contribution in [0.15, 0.2) is 61.3 Å². The minimum absolute atomic E-state index is 0.360. The van der Waals surface area contributed by atoms with Crippen molar-refractivity contribution in [2.75, 3.05) is 19.3 Å². The van der Waals surface area contributed by atoms with Crippen molar-refractivity contribution < 1.29 is 0 Å². The lowest BCUT2D eigenvalue weighted by atomic mass is 9.99. The maximum absolute atomic E-state index is 8.40. The van der Waals surface area contributed by atoms with Crippen molar-refractivity contribution in [3.63, 3.8) is 0 Å². The van der Waals surface area contributed by atoms with Crippen molar-refractivity contribution in [3.8, 4) is 0 Å². The molecular formula is C22H26N4. The van der Waals surface area contributed by atoms with Crippen molar-refractivity contribution >= 4 is 28.4 Å². The summed E-state index contributed by atoms with van der Waals surface area (Å²) >= 11 is 0. The molecule has 0 fully saturated rings. The topological polar surface area (TPSA) is 74.8 Å². The first kappa shape index (κ1) is 19.3. The highest BCUT2D eigenvalue weighted by Crippen LogP contribution is 2.21. The van der Waals surface area contributed by atoms with Gasteiger partial charge < -0.3 is 11.1 Å². The molecule has 2 aromatic carbocycles. The predicted octanol–water partition coefficient (Wildman–Crippen LogP) is 4.49. The molecule has 0 aliphatic heterocycles. The molecule has 0 unspecified atom stereocenters. The van der Waals surface area contributed by atoms with Gasteiger partial charge in [0.2, 0.25) is 0 Å². The van der Waals surface area contributed by atoms with Gasteiger partial charge in [-0.2, -0.15) is 0 Å². The van der Waals surface area contributed by atoms with Gasteiger partial charge in [0, 0.05) is 17.3 Å². The van der Waals surface area contributed by atoms with Gasteiger partial charge >= 0.3 is 0 Å². The third-order valence-electron chi connectivity index (χ3n) is 3.98. The number of hydrogen-bond acceptors (Lipinski definition) is 4. The zero-order chi connectivity index (χ0) is 18.9. The van der Waals surface area contributed by atoms with Gasteiger partial charge in [-0.25, -0.2) is 4.98 Å². The van der Waals surface area contributed by atoms with Crippen molar-refractivity contribution in [2.24, 2.45) is 0 Å². The minimum atomic E-state index is 0.360. The van der Waals surface area contributed by atoms with Gasteiger partial charge in [0.15, 0.2) is 0 Å². The number of pyridine rings is 1. The Morgan fingerprint density at radius 1 is 1.19 bits per heavy atom. The number of nitrogen functional groups attached to an aromatic ring is 1. The van der Waals surface area contributed by atoms with Gasteiger partial charge in [-0.15, -0.1) is 0 Å². The van der Waals surface area contributed by atoms with Crippen LogP contribution >= 0.6 is 0 Å². The summed E-state index contributed by atoms with van der Waals surface area (Å²) < 4.78 is 0. The Hall–Kier alpha value is -2.98. The Morgan fingerprint density at radius 3 is 2.54 bits per heavy atom. The highest BCUT2D eigenvalue weighted by molar-refractivity contribution is 6.14. The van der Waals surface area contributed by atoms with Gasteiger partial charge in [-0.3, -0.25) is 5.41 Å². The summed E-state index contributed by atoms with van der Waals surface area (Å²) in [7, 11) is 1.96. The van der Waals surface area contributed by atoms with Crippen LogP contribution in [0.5, 0.6) is 0 Å². The second-order valence-electron chi connectivity index (χ2n) is 5.95. The number of nitrogens with zero attached hydrogens (tertiary/aromatic N) is 1. The van der Waals surface area contributed by atoms with Gasteiger partial charge in [-0.05, 0) is 48.5 Å². The molecule has 1 aromatic heterocycles. The molecule has 0 saturated carbocycles. The fourth-order valence-corrected chi connectivity index (χ4v) is 2.55. The maximum atomic E-state index is 8.40. The molecule has 0 amide bonds. The van der Waals surface area contributed by atoms with E-state index in [0.29, 0.717) is 17.1 Å². The van der Waals surface area contributed by atoms with E-state index >= 15 is 0 Å². The van der Waals surface area contributed by atoms with Crippen LogP contribution in [-0.2, 0) is 0 Å². The van der Waals surface area contributed by atoms with E-state index < -0.39 is 0 Å². The lowest BCUT2D eigenvalue weighted by Gasteiger charge is -2.09. The van der Waals surface area contributed by atoms with Crippen LogP contribution in [0.4, 0.5) is 5.82 Å². The number of anilines is 1. The SMILES string of the molecule is C=Cc1cnc(N)c(C(=N)c2ccc3ccccc3c2)c1.CCCNC.